The average molecular weight is 352 g/mol. The number of ether oxygens (including phenoxy) is 1. The first-order valence-corrected chi connectivity index (χ1v) is 8.14. The zero-order valence-corrected chi connectivity index (χ0v) is 14.6. The summed E-state index contributed by atoms with van der Waals surface area (Å²) in [4.78, 5) is 16.2. The Labute approximate surface area is 151 Å². The molecule has 2 N–H and O–H groups in total. The third-order valence-corrected chi connectivity index (χ3v) is 3.91. The Balaban J connectivity index is 1.63. The summed E-state index contributed by atoms with van der Waals surface area (Å²) >= 11 is 0. The number of rotatable bonds is 6. The number of benzene rings is 2. The molecule has 0 unspecified atom stereocenters. The lowest BCUT2D eigenvalue weighted by Gasteiger charge is -2.11. The second kappa shape index (κ2) is 7.79. The number of aryl methyl sites for hydroxylation is 1. The van der Waals surface area contributed by atoms with Crippen molar-refractivity contribution >= 4 is 11.6 Å². The number of hydrogen-bond acceptors (Lipinski definition) is 5. The maximum atomic E-state index is 12.2. The van der Waals surface area contributed by atoms with E-state index in [2.05, 4.69) is 15.4 Å². The molecule has 0 bridgehead atoms. The normalized spacial score (nSPS) is 11.8. The largest absolute Gasteiger partial charge is 0.497 e. The molecule has 7 nitrogen and oxygen atoms in total. The molecule has 0 saturated carbocycles. The van der Waals surface area contributed by atoms with Gasteiger partial charge < -0.3 is 15.2 Å². The van der Waals surface area contributed by atoms with Crippen molar-refractivity contribution in [3.63, 3.8) is 0 Å². The predicted molar refractivity (Wildman–Crippen MR) is 97.1 cm³/mol. The van der Waals surface area contributed by atoms with Crippen molar-refractivity contribution in [1.82, 2.24) is 14.8 Å². The molecule has 26 heavy (non-hydrogen) atoms. The number of hydrogen-bond donors (Lipinski definition) is 2. The van der Waals surface area contributed by atoms with E-state index in [-0.39, 0.29) is 12.4 Å². The first-order chi connectivity index (χ1) is 12.5. The van der Waals surface area contributed by atoms with E-state index < -0.39 is 12.0 Å². The molecule has 0 radical (unpaired) electrons. The van der Waals surface area contributed by atoms with E-state index in [0.717, 1.165) is 16.9 Å². The average Bonchev–Trinajstić information content (AvgIpc) is 3.12. The molecule has 0 aliphatic carbocycles. The second-order valence-electron chi connectivity index (χ2n) is 5.90. The minimum absolute atomic E-state index is 0.0486. The highest BCUT2D eigenvalue weighted by atomic mass is 16.5. The van der Waals surface area contributed by atoms with Crippen LogP contribution < -0.4 is 10.1 Å². The third-order valence-electron chi connectivity index (χ3n) is 3.91. The molecule has 1 aromatic heterocycles. The van der Waals surface area contributed by atoms with Gasteiger partial charge in [0.1, 0.15) is 12.1 Å². The van der Waals surface area contributed by atoms with Gasteiger partial charge in [-0.3, -0.25) is 4.79 Å². The van der Waals surface area contributed by atoms with Crippen molar-refractivity contribution in [3.8, 4) is 5.75 Å². The van der Waals surface area contributed by atoms with E-state index >= 15 is 0 Å². The predicted octanol–water partition coefficient (Wildman–Crippen LogP) is 2.58. The van der Waals surface area contributed by atoms with Gasteiger partial charge in [0.2, 0.25) is 5.82 Å². The van der Waals surface area contributed by atoms with E-state index in [1.54, 1.807) is 31.4 Å². The number of aliphatic hydroxyl groups is 1. The number of carbonyl (C=O) groups excluding carboxylic acids is 1. The SMILES string of the molecule is COc1ccc([C@H](O)Cn2cnc(C(=O)Nc3ccc(C)cc3)n2)cc1. The van der Waals surface area contributed by atoms with Gasteiger partial charge >= 0.3 is 0 Å². The summed E-state index contributed by atoms with van der Waals surface area (Å²) in [5.74, 6) is 0.371. The maximum absolute atomic E-state index is 12.2. The summed E-state index contributed by atoms with van der Waals surface area (Å²) in [5, 5.41) is 17.2. The first-order valence-electron chi connectivity index (χ1n) is 8.14. The Bertz CT molecular complexity index is 873. The molecule has 2 aromatic carbocycles. The Kier molecular flexibility index (Phi) is 5.28. The van der Waals surface area contributed by atoms with E-state index in [4.69, 9.17) is 4.74 Å². The van der Waals surface area contributed by atoms with Crippen molar-refractivity contribution in [2.45, 2.75) is 19.6 Å². The monoisotopic (exact) mass is 352 g/mol. The quantitative estimate of drug-likeness (QED) is 0.712. The Hall–Kier alpha value is -3.19. The van der Waals surface area contributed by atoms with Crippen molar-refractivity contribution < 1.29 is 14.6 Å². The lowest BCUT2D eigenvalue weighted by Crippen LogP contribution is -2.15. The molecule has 1 amide bonds. The molecule has 0 aliphatic rings. The van der Waals surface area contributed by atoms with E-state index in [1.165, 1.54) is 11.0 Å². The molecule has 134 valence electrons. The van der Waals surface area contributed by atoms with Gasteiger partial charge in [0.15, 0.2) is 0 Å². The molecule has 7 heteroatoms. The van der Waals surface area contributed by atoms with E-state index in [9.17, 15) is 9.90 Å². The topological polar surface area (TPSA) is 89.3 Å². The van der Waals surface area contributed by atoms with Gasteiger partial charge in [0.05, 0.1) is 19.8 Å². The summed E-state index contributed by atoms with van der Waals surface area (Å²) < 4.78 is 6.54. The van der Waals surface area contributed by atoms with Gasteiger partial charge in [0, 0.05) is 5.69 Å². The van der Waals surface area contributed by atoms with E-state index in [0.29, 0.717) is 5.69 Å². The van der Waals surface area contributed by atoms with Crippen LogP contribution in [0.5, 0.6) is 5.75 Å². The molecular formula is C19H20N4O3. The van der Waals surface area contributed by atoms with Crippen molar-refractivity contribution in [2.24, 2.45) is 0 Å². The van der Waals surface area contributed by atoms with Gasteiger partial charge in [-0.1, -0.05) is 29.8 Å². The zero-order chi connectivity index (χ0) is 18.5. The standard InChI is InChI=1S/C19H20N4O3/c1-13-3-7-15(8-4-13)21-19(25)18-20-12-23(22-18)11-17(24)14-5-9-16(26-2)10-6-14/h3-10,12,17,24H,11H2,1-2H3,(H,21,25)/t17-/m1/s1. The van der Waals surface area contributed by atoms with Crippen LogP contribution in [0.15, 0.2) is 54.9 Å². The summed E-state index contributed by atoms with van der Waals surface area (Å²) in [7, 11) is 1.59. The van der Waals surface area contributed by atoms with E-state index in [1.807, 2.05) is 31.2 Å². The fourth-order valence-electron chi connectivity index (χ4n) is 2.42. The van der Waals surface area contributed by atoms with Crippen LogP contribution in [0.1, 0.15) is 27.8 Å². The third kappa shape index (κ3) is 4.25. The number of carbonyl (C=O) groups is 1. The molecule has 3 aromatic rings. The van der Waals surface area contributed by atoms with Crippen LogP contribution in [0.3, 0.4) is 0 Å². The van der Waals surface area contributed by atoms with Crippen LogP contribution in [0.2, 0.25) is 0 Å². The van der Waals surface area contributed by atoms with Crippen LogP contribution in [0.25, 0.3) is 0 Å². The van der Waals surface area contributed by atoms with Crippen molar-refractivity contribution in [2.75, 3.05) is 12.4 Å². The fraction of sp³-hybridized carbons (Fsp3) is 0.211. The summed E-state index contributed by atoms with van der Waals surface area (Å²) in [6, 6.07) is 14.6. The summed E-state index contributed by atoms with van der Waals surface area (Å²) in [6.45, 7) is 2.17. The molecule has 0 spiro atoms. The minimum Gasteiger partial charge on any atom is -0.497 e. The van der Waals surface area contributed by atoms with Crippen molar-refractivity contribution in [3.05, 3.63) is 71.8 Å². The van der Waals surface area contributed by atoms with Gasteiger partial charge in [-0.15, -0.1) is 5.10 Å². The zero-order valence-electron chi connectivity index (χ0n) is 14.6. The lowest BCUT2D eigenvalue weighted by molar-refractivity contribution is 0.101. The number of aromatic nitrogens is 3. The summed E-state index contributed by atoms with van der Waals surface area (Å²) in [6.07, 6.45) is 0.659. The van der Waals surface area contributed by atoms with Gasteiger partial charge in [0.25, 0.3) is 5.91 Å². The van der Waals surface area contributed by atoms with Crippen molar-refractivity contribution in [1.29, 1.82) is 0 Å². The number of aliphatic hydroxyl groups excluding tert-OH is 1. The first kappa shape index (κ1) is 17.6. The molecule has 0 saturated heterocycles. The lowest BCUT2D eigenvalue weighted by atomic mass is 10.1. The van der Waals surface area contributed by atoms with Crippen LogP contribution in [0.4, 0.5) is 5.69 Å². The van der Waals surface area contributed by atoms with Crippen LogP contribution in [0, 0.1) is 6.92 Å². The van der Waals surface area contributed by atoms with Gasteiger partial charge in [-0.05, 0) is 36.8 Å². The van der Waals surface area contributed by atoms with Crippen LogP contribution in [-0.4, -0.2) is 32.9 Å². The second-order valence-corrected chi connectivity index (χ2v) is 5.90. The van der Waals surface area contributed by atoms with Gasteiger partial charge in [-0.2, -0.15) is 0 Å². The minimum atomic E-state index is -0.768. The number of methoxy groups -OCH3 is 1. The smallest absolute Gasteiger partial charge is 0.295 e. The highest BCUT2D eigenvalue weighted by molar-refractivity contribution is 6.01. The Morgan fingerprint density at radius 1 is 1.19 bits per heavy atom. The Morgan fingerprint density at radius 2 is 1.88 bits per heavy atom. The highest BCUT2D eigenvalue weighted by Crippen LogP contribution is 2.18. The van der Waals surface area contributed by atoms with Gasteiger partial charge in [-0.25, -0.2) is 9.67 Å². The van der Waals surface area contributed by atoms with Crippen LogP contribution >= 0.6 is 0 Å². The number of nitrogens with one attached hydrogen (secondary N) is 1. The molecule has 0 aliphatic heterocycles. The molecular weight excluding hydrogens is 332 g/mol. The Morgan fingerprint density at radius 3 is 2.54 bits per heavy atom. The maximum Gasteiger partial charge on any atom is 0.295 e. The number of anilines is 1. The number of nitrogens with zero attached hydrogens (tertiary/aromatic N) is 3. The highest BCUT2D eigenvalue weighted by Gasteiger charge is 2.14. The molecule has 1 atom stereocenters. The summed E-state index contributed by atoms with van der Waals surface area (Å²) in [5.41, 5.74) is 2.51. The molecule has 1 heterocycles. The number of amides is 1. The van der Waals surface area contributed by atoms with Crippen LogP contribution in [-0.2, 0) is 6.54 Å². The molecule has 0 fully saturated rings. The fourth-order valence-corrected chi connectivity index (χ4v) is 2.42. The molecule has 3 rings (SSSR count).